The Bertz CT molecular complexity index is 777. The Balaban J connectivity index is 1.91. The number of aromatic nitrogens is 1. The van der Waals surface area contributed by atoms with Gasteiger partial charge in [-0.3, -0.25) is 4.79 Å². The van der Waals surface area contributed by atoms with Crippen molar-refractivity contribution in [3.05, 3.63) is 69.8 Å². The molecule has 0 unspecified atom stereocenters. The zero-order valence-corrected chi connectivity index (χ0v) is 12.9. The van der Waals surface area contributed by atoms with Crippen LogP contribution in [-0.2, 0) is 6.54 Å². The number of halogens is 2. The summed E-state index contributed by atoms with van der Waals surface area (Å²) in [5.41, 5.74) is 1.72. The molecule has 100 valence electrons. The maximum Gasteiger partial charge on any atom is 0.182 e. The Labute approximate surface area is 130 Å². The highest BCUT2D eigenvalue weighted by molar-refractivity contribution is 9.10. The highest BCUT2D eigenvalue weighted by Crippen LogP contribution is 2.21. The van der Waals surface area contributed by atoms with Crippen molar-refractivity contribution in [3.8, 4) is 0 Å². The number of rotatable bonds is 3. The fourth-order valence-electron chi connectivity index (χ4n) is 2.18. The van der Waals surface area contributed by atoms with E-state index in [1.807, 2.05) is 35.0 Å². The molecular formula is C16H11BrClNO. The summed E-state index contributed by atoms with van der Waals surface area (Å²) in [6, 6.07) is 15.0. The lowest BCUT2D eigenvalue weighted by atomic mass is 10.1. The SMILES string of the molecule is O=C(Cn1ccc2ccc(Br)cc21)c1ccc(Cl)cc1. The van der Waals surface area contributed by atoms with E-state index in [-0.39, 0.29) is 5.78 Å². The zero-order valence-electron chi connectivity index (χ0n) is 10.5. The molecule has 0 fully saturated rings. The molecular weight excluding hydrogens is 338 g/mol. The largest absolute Gasteiger partial charge is 0.340 e. The van der Waals surface area contributed by atoms with Gasteiger partial charge >= 0.3 is 0 Å². The summed E-state index contributed by atoms with van der Waals surface area (Å²) in [6.45, 7) is 0.321. The van der Waals surface area contributed by atoms with Gasteiger partial charge in [0, 0.05) is 26.8 Å². The Morgan fingerprint density at radius 2 is 1.85 bits per heavy atom. The number of hydrogen-bond donors (Lipinski definition) is 0. The highest BCUT2D eigenvalue weighted by atomic mass is 79.9. The first-order valence-corrected chi connectivity index (χ1v) is 7.34. The lowest BCUT2D eigenvalue weighted by molar-refractivity contribution is 0.0973. The summed E-state index contributed by atoms with van der Waals surface area (Å²) >= 11 is 9.29. The van der Waals surface area contributed by atoms with Crippen molar-refractivity contribution in [1.29, 1.82) is 0 Å². The molecule has 3 rings (SSSR count). The maximum absolute atomic E-state index is 12.3. The van der Waals surface area contributed by atoms with Crippen molar-refractivity contribution >= 4 is 44.2 Å². The first-order chi connectivity index (χ1) is 9.63. The van der Waals surface area contributed by atoms with Gasteiger partial charge in [-0.15, -0.1) is 0 Å². The second-order valence-corrected chi connectivity index (χ2v) is 5.93. The van der Waals surface area contributed by atoms with Crippen LogP contribution in [-0.4, -0.2) is 10.4 Å². The van der Waals surface area contributed by atoms with Crippen molar-refractivity contribution in [3.63, 3.8) is 0 Å². The lowest BCUT2D eigenvalue weighted by Crippen LogP contribution is -2.09. The Morgan fingerprint density at radius 1 is 1.10 bits per heavy atom. The summed E-state index contributed by atoms with van der Waals surface area (Å²) in [6.07, 6.45) is 1.94. The number of benzene rings is 2. The van der Waals surface area contributed by atoms with Crippen LogP contribution in [0.2, 0.25) is 5.02 Å². The molecule has 20 heavy (non-hydrogen) atoms. The van der Waals surface area contributed by atoms with E-state index in [4.69, 9.17) is 11.6 Å². The molecule has 2 aromatic carbocycles. The minimum Gasteiger partial charge on any atom is -0.340 e. The minimum absolute atomic E-state index is 0.0687. The molecule has 0 N–H and O–H groups in total. The summed E-state index contributed by atoms with van der Waals surface area (Å²) in [7, 11) is 0. The van der Waals surface area contributed by atoms with Gasteiger partial charge < -0.3 is 4.57 Å². The van der Waals surface area contributed by atoms with Gasteiger partial charge in [-0.25, -0.2) is 0 Å². The molecule has 0 aliphatic carbocycles. The summed E-state index contributed by atoms with van der Waals surface area (Å²) in [5.74, 6) is 0.0687. The third kappa shape index (κ3) is 2.65. The normalized spacial score (nSPS) is 10.9. The van der Waals surface area contributed by atoms with Crippen molar-refractivity contribution in [2.24, 2.45) is 0 Å². The van der Waals surface area contributed by atoms with Crippen LogP contribution in [0.25, 0.3) is 10.9 Å². The van der Waals surface area contributed by atoms with E-state index in [1.165, 1.54) is 0 Å². The van der Waals surface area contributed by atoms with Crippen LogP contribution in [0.3, 0.4) is 0 Å². The standard InChI is InChI=1S/C16H11BrClNO/c17-13-4-1-11-7-8-19(15(11)9-13)10-16(20)12-2-5-14(18)6-3-12/h1-9H,10H2. The van der Waals surface area contributed by atoms with Gasteiger partial charge in [0.25, 0.3) is 0 Å². The average molecular weight is 349 g/mol. The Morgan fingerprint density at radius 3 is 2.60 bits per heavy atom. The van der Waals surface area contributed by atoms with Gasteiger partial charge in [0.2, 0.25) is 0 Å². The summed E-state index contributed by atoms with van der Waals surface area (Å²) in [5, 5.41) is 1.76. The van der Waals surface area contributed by atoms with Crippen LogP contribution in [0.4, 0.5) is 0 Å². The molecule has 0 amide bonds. The molecule has 0 radical (unpaired) electrons. The van der Waals surface area contributed by atoms with Gasteiger partial charge in [0.15, 0.2) is 5.78 Å². The number of hydrogen-bond acceptors (Lipinski definition) is 1. The van der Waals surface area contributed by atoms with E-state index in [0.29, 0.717) is 17.1 Å². The van der Waals surface area contributed by atoms with Crippen LogP contribution in [0.1, 0.15) is 10.4 Å². The van der Waals surface area contributed by atoms with Crippen molar-refractivity contribution in [2.75, 3.05) is 0 Å². The van der Waals surface area contributed by atoms with Crippen LogP contribution >= 0.6 is 27.5 Å². The molecule has 1 heterocycles. The number of Topliss-reactive ketones (excluding diaryl/α,β-unsaturated/α-hetero) is 1. The molecule has 0 aliphatic heterocycles. The predicted molar refractivity (Wildman–Crippen MR) is 85.4 cm³/mol. The number of carbonyl (C=O) groups is 1. The molecule has 2 nitrogen and oxygen atoms in total. The zero-order chi connectivity index (χ0) is 14.1. The molecule has 0 saturated heterocycles. The third-order valence-electron chi connectivity index (χ3n) is 3.22. The molecule has 0 saturated carbocycles. The molecule has 0 spiro atoms. The Hall–Kier alpha value is -1.58. The molecule has 3 aromatic rings. The Kier molecular flexibility index (Phi) is 3.64. The molecule has 0 bridgehead atoms. The number of ketones is 1. The lowest BCUT2D eigenvalue weighted by Gasteiger charge is -2.05. The average Bonchev–Trinajstić information content (AvgIpc) is 2.82. The van der Waals surface area contributed by atoms with Crippen LogP contribution in [0.15, 0.2) is 59.2 Å². The molecule has 4 heteroatoms. The monoisotopic (exact) mass is 347 g/mol. The summed E-state index contributed by atoms with van der Waals surface area (Å²) < 4.78 is 2.96. The first kappa shape index (κ1) is 13.4. The topological polar surface area (TPSA) is 22.0 Å². The minimum atomic E-state index is 0.0687. The number of carbonyl (C=O) groups excluding carboxylic acids is 1. The number of nitrogens with zero attached hydrogens (tertiary/aromatic N) is 1. The molecule has 0 atom stereocenters. The smallest absolute Gasteiger partial charge is 0.182 e. The van der Waals surface area contributed by atoms with Gasteiger partial charge in [-0.2, -0.15) is 0 Å². The van der Waals surface area contributed by atoms with Gasteiger partial charge in [-0.1, -0.05) is 33.6 Å². The first-order valence-electron chi connectivity index (χ1n) is 6.17. The van der Waals surface area contributed by atoms with E-state index in [2.05, 4.69) is 15.9 Å². The fourth-order valence-corrected chi connectivity index (χ4v) is 2.65. The third-order valence-corrected chi connectivity index (χ3v) is 3.96. The molecule has 0 aliphatic rings. The van der Waals surface area contributed by atoms with Crippen LogP contribution < -0.4 is 0 Å². The predicted octanol–water partition coefficient (Wildman–Crippen LogP) is 4.94. The van der Waals surface area contributed by atoms with E-state index in [9.17, 15) is 4.79 Å². The fraction of sp³-hybridized carbons (Fsp3) is 0.0625. The van der Waals surface area contributed by atoms with Gasteiger partial charge in [0.1, 0.15) is 0 Å². The summed E-state index contributed by atoms with van der Waals surface area (Å²) in [4.78, 5) is 12.3. The van der Waals surface area contributed by atoms with E-state index >= 15 is 0 Å². The van der Waals surface area contributed by atoms with Gasteiger partial charge in [-0.05, 0) is 47.9 Å². The second kappa shape index (κ2) is 5.43. The van der Waals surface area contributed by atoms with Crippen molar-refractivity contribution < 1.29 is 4.79 Å². The maximum atomic E-state index is 12.3. The van der Waals surface area contributed by atoms with Crippen LogP contribution in [0, 0.1) is 0 Å². The number of fused-ring (bicyclic) bond motifs is 1. The second-order valence-electron chi connectivity index (χ2n) is 4.58. The van der Waals surface area contributed by atoms with E-state index in [1.54, 1.807) is 24.3 Å². The molecule has 1 aromatic heterocycles. The van der Waals surface area contributed by atoms with E-state index < -0.39 is 0 Å². The van der Waals surface area contributed by atoms with Crippen molar-refractivity contribution in [1.82, 2.24) is 4.57 Å². The quantitative estimate of drug-likeness (QED) is 0.614. The van der Waals surface area contributed by atoms with Crippen molar-refractivity contribution in [2.45, 2.75) is 6.54 Å². The van der Waals surface area contributed by atoms with Crippen LogP contribution in [0.5, 0.6) is 0 Å². The van der Waals surface area contributed by atoms with E-state index in [0.717, 1.165) is 15.4 Å². The highest BCUT2D eigenvalue weighted by Gasteiger charge is 2.09. The van der Waals surface area contributed by atoms with Gasteiger partial charge in [0.05, 0.1) is 6.54 Å².